The zero-order valence-electron chi connectivity index (χ0n) is 12.7. The van der Waals surface area contributed by atoms with E-state index < -0.39 is 0 Å². The molecule has 0 spiro atoms. The monoisotopic (exact) mass is 328 g/mol. The second-order valence-electron chi connectivity index (χ2n) is 4.75. The quantitative estimate of drug-likeness (QED) is 0.917. The molecule has 0 aliphatic heterocycles. The topological polar surface area (TPSA) is 41.6 Å². The van der Waals surface area contributed by atoms with Crippen LogP contribution in [0.5, 0.6) is 5.75 Å². The molecule has 0 bridgehead atoms. The van der Waals surface area contributed by atoms with E-state index in [0.29, 0.717) is 6.54 Å². The lowest BCUT2D eigenvalue weighted by Gasteiger charge is -2.16. The van der Waals surface area contributed by atoms with Gasteiger partial charge in [-0.15, -0.1) is 23.7 Å². The number of carbonyl (C=O) groups is 1. The second-order valence-corrected chi connectivity index (χ2v) is 5.80. The molecule has 1 aromatic carbocycles. The summed E-state index contributed by atoms with van der Waals surface area (Å²) < 4.78 is 6.37. The Labute approximate surface area is 135 Å². The van der Waals surface area contributed by atoms with Crippen LogP contribution in [0.2, 0.25) is 0 Å². The summed E-state index contributed by atoms with van der Waals surface area (Å²) in [5.74, 6) is 0.902. The maximum absolute atomic E-state index is 12.5. The van der Waals surface area contributed by atoms with Gasteiger partial charge in [-0.1, -0.05) is 0 Å². The SMILES string of the molecule is CNCCN(C)C(=O)c1sc2ccc(OC)cc2c1C.Cl. The molecule has 0 fully saturated rings. The summed E-state index contributed by atoms with van der Waals surface area (Å²) in [6, 6.07) is 5.93. The lowest BCUT2D eigenvalue weighted by atomic mass is 10.1. The molecule has 2 rings (SSSR count). The van der Waals surface area contributed by atoms with Crippen LogP contribution in [-0.2, 0) is 0 Å². The summed E-state index contributed by atoms with van der Waals surface area (Å²) in [6.07, 6.45) is 0. The number of fused-ring (bicyclic) bond motifs is 1. The Morgan fingerprint density at radius 3 is 2.76 bits per heavy atom. The predicted molar refractivity (Wildman–Crippen MR) is 91.2 cm³/mol. The Hall–Kier alpha value is -1.30. The third kappa shape index (κ3) is 3.67. The summed E-state index contributed by atoms with van der Waals surface area (Å²) in [5.41, 5.74) is 1.03. The van der Waals surface area contributed by atoms with Gasteiger partial charge in [0.2, 0.25) is 0 Å². The lowest BCUT2D eigenvalue weighted by molar-refractivity contribution is 0.0801. The maximum Gasteiger partial charge on any atom is 0.264 e. The van der Waals surface area contributed by atoms with Crippen molar-refractivity contribution in [2.24, 2.45) is 0 Å². The molecule has 6 heteroatoms. The molecule has 1 aromatic heterocycles. The van der Waals surface area contributed by atoms with Gasteiger partial charge in [0.1, 0.15) is 5.75 Å². The molecular formula is C15H21ClN2O2S. The number of aryl methyl sites for hydroxylation is 1. The van der Waals surface area contributed by atoms with E-state index in [1.807, 2.05) is 39.2 Å². The number of rotatable bonds is 5. The van der Waals surface area contributed by atoms with Crippen molar-refractivity contribution in [3.8, 4) is 5.75 Å². The molecule has 116 valence electrons. The maximum atomic E-state index is 12.5. The van der Waals surface area contributed by atoms with Crippen LogP contribution < -0.4 is 10.1 Å². The number of carbonyl (C=O) groups excluding carboxylic acids is 1. The molecule has 0 aliphatic rings. The number of thiophene rings is 1. The Bertz CT molecular complexity index is 627. The summed E-state index contributed by atoms with van der Waals surface area (Å²) in [6.45, 7) is 3.49. The van der Waals surface area contributed by atoms with Crippen molar-refractivity contribution in [3.63, 3.8) is 0 Å². The van der Waals surface area contributed by atoms with E-state index in [4.69, 9.17) is 4.74 Å². The highest BCUT2D eigenvalue weighted by atomic mass is 35.5. The second kappa shape index (κ2) is 7.64. The van der Waals surface area contributed by atoms with Crippen LogP contribution in [0.3, 0.4) is 0 Å². The fourth-order valence-corrected chi connectivity index (χ4v) is 3.27. The third-order valence-corrected chi connectivity index (χ3v) is 4.64. The van der Waals surface area contributed by atoms with E-state index in [1.54, 1.807) is 23.3 Å². The summed E-state index contributed by atoms with van der Waals surface area (Å²) in [4.78, 5) is 15.0. The first-order valence-electron chi connectivity index (χ1n) is 6.55. The van der Waals surface area contributed by atoms with Gasteiger partial charge >= 0.3 is 0 Å². The average Bonchev–Trinajstić information content (AvgIpc) is 2.80. The van der Waals surface area contributed by atoms with Gasteiger partial charge in [0.25, 0.3) is 5.91 Å². The van der Waals surface area contributed by atoms with E-state index in [0.717, 1.165) is 32.8 Å². The smallest absolute Gasteiger partial charge is 0.264 e. The van der Waals surface area contributed by atoms with Crippen LogP contribution in [0.4, 0.5) is 0 Å². The van der Waals surface area contributed by atoms with Gasteiger partial charge in [-0.25, -0.2) is 0 Å². The van der Waals surface area contributed by atoms with Crippen LogP contribution in [0.25, 0.3) is 10.1 Å². The number of methoxy groups -OCH3 is 1. The molecule has 2 aromatic rings. The average molecular weight is 329 g/mol. The highest BCUT2D eigenvalue weighted by molar-refractivity contribution is 7.21. The molecule has 0 radical (unpaired) electrons. The number of hydrogen-bond acceptors (Lipinski definition) is 4. The first-order chi connectivity index (χ1) is 9.58. The molecule has 0 unspecified atom stereocenters. The van der Waals surface area contributed by atoms with E-state index in [2.05, 4.69) is 5.32 Å². The standard InChI is InChI=1S/C15H20N2O2S.ClH/c1-10-12-9-11(19-4)5-6-13(12)20-14(10)15(18)17(3)8-7-16-2;/h5-6,9,16H,7-8H2,1-4H3;1H. The number of nitrogens with one attached hydrogen (secondary N) is 1. The highest BCUT2D eigenvalue weighted by Gasteiger charge is 2.18. The normalized spacial score (nSPS) is 10.3. The first-order valence-corrected chi connectivity index (χ1v) is 7.37. The van der Waals surface area contributed by atoms with Crippen molar-refractivity contribution in [2.45, 2.75) is 6.92 Å². The number of likely N-dealkylation sites (N-methyl/N-ethyl adjacent to an activating group) is 2. The van der Waals surface area contributed by atoms with Gasteiger partial charge < -0.3 is 15.0 Å². The van der Waals surface area contributed by atoms with Crippen LogP contribution >= 0.6 is 23.7 Å². The number of hydrogen-bond donors (Lipinski definition) is 1. The summed E-state index contributed by atoms with van der Waals surface area (Å²) in [7, 11) is 5.37. The molecule has 0 atom stereocenters. The third-order valence-electron chi connectivity index (χ3n) is 3.38. The summed E-state index contributed by atoms with van der Waals surface area (Å²) >= 11 is 1.55. The molecule has 1 heterocycles. The number of amides is 1. The number of benzene rings is 1. The van der Waals surface area contributed by atoms with Crippen molar-refractivity contribution in [2.75, 3.05) is 34.3 Å². The Morgan fingerprint density at radius 2 is 2.14 bits per heavy atom. The molecule has 0 aliphatic carbocycles. The zero-order chi connectivity index (χ0) is 14.7. The molecular weight excluding hydrogens is 308 g/mol. The Morgan fingerprint density at radius 1 is 1.43 bits per heavy atom. The van der Waals surface area contributed by atoms with Crippen molar-refractivity contribution in [1.82, 2.24) is 10.2 Å². The fourth-order valence-electron chi connectivity index (χ4n) is 2.09. The van der Waals surface area contributed by atoms with Gasteiger partial charge in [0.05, 0.1) is 12.0 Å². The minimum Gasteiger partial charge on any atom is -0.497 e. The molecule has 1 amide bonds. The summed E-state index contributed by atoms with van der Waals surface area (Å²) in [5, 5.41) is 4.15. The van der Waals surface area contributed by atoms with E-state index >= 15 is 0 Å². The van der Waals surface area contributed by atoms with Crippen molar-refractivity contribution < 1.29 is 9.53 Å². The van der Waals surface area contributed by atoms with Crippen LogP contribution in [-0.4, -0.2) is 45.1 Å². The van der Waals surface area contributed by atoms with Gasteiger partial charge in [0.15, 0.2) is 0 Å². The first kappa shape index (κ1) is 17.8. The van der Waals surface area contributed by atoms with Gasteiger partial charge in [-0.3, -0.25) is 4.79 Å². The molecule has 0 saturated heterocycles. The number of nitrogens with zero attached hydrogens (tertiary/aromatic N) is 1. The predicted octanol–water partition coefficient (Wildman–Crippen LogP) is 2.93. The largest absolute Gasteiger partial charge is 0.497 e. The van der Waals surface area contributed by atoms with Crippen LogP contribution in [0, 0.1) is 6.92 Å². The van der Waals surface area contributed by atoms with E-state index in [9.17, 15) is 4.79 Å². The van der Waals surface area contributed by atoms with E-state index in [-0.39, 0.29) is 18.3 Å². The van der Waals surface area contributed by atoms with Gasteiger partial charge in [-0.05, 0) is 43.1 Å². The zero-order valence-corrected chi connectivity index (χ0v) is 14.4. The number of halogens is 1. The lowest BCUT2D eigenvalue weighted by Crippen LogP contribution is -2.32. The fraction of sp³-hybridized carbons (Fsp3) is 0.400. The van der Waals surface area contributed by atoms with Crippen molar-refractivity contribution >= 4 is 39.7 Å². The van der Waals surface area contributed by atoms with E-state index in [1.165, 1.54) is 0 Å². The van der Waals surface area contributed by atoms with Gasteiger partial charge in [-0.2, -0.15) is 0 Å². The minimum atomic E-state index is 0. The number of ether oxygens (including phenoxy) is 1. The molecule has 21 heavy (non-hydrogen) atoms. The van der Waals surface area contributed by atoms with Gasteiger partial charge in [0, 0.05) is 24.8 Å². The van der Waals surface area contributed by atoms with Crippen LogP contribution in [0.15, 0.2) is 18.2 Å². The Kier molecular flexibility index (Phi) is 6.45. The molecule has 4 nitrogen and oxygen atoms in total. The minimum absolute atomic E-state index is 0. The van der Waals surface area contributed by atoms with Crippen molar-refractivity contribution in [3.05, 3.63) is 28.6 Å². The van der Waals surface area contributed by atoms with Crippen molar-refractivity contribution in [1.29, 1.82) is 0 Å². The highest BCUT2D eigenvalue weighted by Crippen LogP contribution is 2.33. The molecule has 1 N–H and O–H groups in total. The Balaban J connectivity index is 0.00000220. The molecule has 0 saturated carbocycles. The van der Waals surface area contributed by atoms with Crippen LogP contribution in [0.1, 0.15) is 15.2 Å².